The van der Waals surface area contributed by atoms with Gasteiger partial charge in [-0.1, -0.05) is 0 Å². The summed E-state index contributed by atoms with van der Waals surface area (Å²) in [7, 11) is 5.16. The van der Waals surface area contributed by atoms with E-state index in [1.54, 1.807) is 21.3 Å². The Morgan fingerprint density at radius 3 is 2.56 bits per heavy atom. The van der Waals surface area contributed by atoms with E-state index in [9.17, 15) is 0 Å². The molecule has 0 amide bonds. The molecule has 1 unspecified atom stereocenters. The van der Waals surface area contributed by atoms with Gasteiger partial charge in [0.15, 0.2) is 5.96 Å². The summed E-state index contributed by atoms with van der Waals surface area (Å²) in [5.41, 5.74) is 1.11. The summed E-state index contributed by atoms with van der Waals surface area (Å²) in [6.45, 7) is 5.07. The number of ether oxygens (including phenoxy) is 2. The van der Waals surface area contributed by atoms with E-state index in [0.29, 0.717) is 6.04 Å². The lowest BCUT2D eigenvalue weighted by Gasteiger charge is -2.18. The molecule has 1 heterocycles. The van der Waals surface area contributed by atoms with Gasteiger partial charge in [0.05, 0.1) is 14.2 Å². The van der Waals surface area contributed by atoms with Gasteiger partial charge in [-0.15, -0.1) is 35.3 Å². The van der Waals surface area contributed by atoms with Crippen molar-refractivity contribution in [3.8, 4) is 11.5 Å². The van der Waals surface area contributed by atoms with E-state index in [1.807, 2.05) is 29.5 Å². The number of aryl methyl sites for hydroxylation is 1. The SMILES string of the molecule is CN=C(NCCc1cc(OC)ccc1OC)NC(C)Cc1ccc(C)s1.I. The number of benzene rings is 1. The molecule has 0 aliphatic heterocycles. The normalized spacial score (nSPS) is 12.1. The average molecular weight is 503 g/mol. The Hall–Kier alpha value is -1.48. The van der Waals surface area contributed by atoms with Gasteiger partial charge in [-0.2, -0.15) is 0 Å². The number of hydrogen-bond donors (Lipinski definition) is 2. The van der Waals surface area contributed by atoms with Crippen LogP contribution in [0, 0.1) is 6.92 Å². The van der Waals surface area contributed by atoms with Crippen LogP contribution < -0.4 is 20.1 Å². The smallest absolute Gasteiger partial charge is 0.191 e. The molecule has 2 aromatic rings. The van der Waals surface area contributed by atoms with Gasteiger partial charge in [-0.05, 0) is 56.2 Å². The van der Waals surface area contributed by atoms with Crippen molar-refractivity contribution in [2.75, 3.05) is 27.8 Å². The minimum absolute atomic E-state index is 0. The van der Waals surface area contributed by atoms with Crippen LogP contribution in [0.25, 0.3) is 0 Å². The van der Waals surface area contributed by atoms with E-state index < -0.39 is 0 Å². The van der Waals surface area contributed by atoms with Crippen molar-refractivity contribution in [3.05, 3.63) is 45.6 Å². The summed E-state index contributed by atoms with van der Waals surface area (Å²) >= 11 is 1.85. The van der Waals surface area contributed by atoms with Crippen LogP contribution in [0.15, 0.2) is 35.3 Å². The number of methoxy groups -OCH3 is 2. The van der Waals surface area contributed by atoms with Gasteiger partial charge in [-0.3, -0.25) is 4.99 Å². The Labute approximate surface area is 183 Å². The van der Waals surface area contributed by atoms with Gasteiger partial charge >= 0.3 is 0 Å². The van der Waals surface area contributed by atoms with Crippen molar-refractivity contribution in [3.63, 3.8) is 0 Å². The maximum absolute atomic E-state index is 5.43. The van der Waals surface area contributed by atoms with Crippen LogP contribution in [-0.4, -0.2) is 39.8 Å². The standard InChI is InChI=1S/C20H29N3O2S.HI/c1-14(12-18-8-6-15(2)26-18)23-20(21-3)22-11-10-16-13-17(24-4)7-9-19(16)25-5;/h6-9,13-14H,10-12H2,1-5H3,(H2,21,22,23);1H. The topological polar surface area (TPSA) is 54.9 Å². The second kappa shape index (κ2) is 12.1. The van der Waals surface area contributed by atoms with Crippen molar-refractivity contribution >= 4 is 41.3 Å². The number of halogens is 1. The first-order valence-corrected chi connectivity index (χ1v) is 9.60. The highest BCUT2D eigenvalue weighted by Crippen LogP contribution is 2.24. The van der Waals surface area contributed by atoms with Gasteiger partial charge < -0.3 is 20.1 Å². The lowest BCUT2D eigenvalue weighted by Crippen LogP contribution is -2.43. The highest BCUT2D eigenvalue weighted by Gasteiger charge is 2.09. The third kappa shape index (κ3) is 7.57. The van der Waals surface area contributed by atoms with Crippen LogP contribution in [-0.2, 0) is 12.8 Å². The van der Waals surface area contributed by atoms with Crippen LogP contribution in [0.2, 0.25) is 0 Å². The second-order valence-electron chi connectivity index (χ2n) is 6.19. The van der Waals surface area contributed by atoms with Crippen LogP contribution in [0.3, 0.4) is 0 Å². The Kier molecular flexibility index (Phi) is 10.5. The molecule has 0 saturated carbocycles. The molecule has 0 saturated heterocycles. The van der Waals surface area contributed by atoms with Crippen LogP contribution >= 0.6 is 35.3 Å². The molecule has 7 heteroatoms. The van der Waals surface area contributed by atoms with Crippen molar-refractivity contribution in [2.45, 2.75) is 32.7 Å². The molecule has 1 atom stereocenters. The molecule has 0 fully saturated rings. The van der Waals surface area contributed by atoms with E-state index in [0.717, 1.165) is 42.4 Å². The Morgan fingerprint density at radius 1 is 1.19 bits per heavy atom. The lowest BCUT2D eigenvalue weighted by atomic mass is 10.1. The zero-order chi connectivity index (χ0) is 18.9. The van der Waals surface area contributed by atoms with Crippen molar-refractivity contribution in [2.24, 2.45) is 4.99 Å². The first kappa shape index (κ1) is 23.6. The number of rotatable bonds is 8. The number of nitrogens with zero attached hydrogens (tertiary/aromatic N) is 1. The summed E-state index contributed by atoms with van der Waals surface area (Å²) < 4.78 is 10.7. The fourth-order valence-corrected chi connectivity index (χ4v) is 3.79. The number of thiophene rings is 1. The van der Waals surface area contributed by atoms with Gasteiger partial charge in [0.2, 0.25) is 0 Å². The zero-order valence-corrected chi connectivity index (χ0v) is 19.8. The number of guanidine groups is 1. The third-order valence-corrected chi connectivity index (χ3v) is 5.11. The second-order valence-corrected chi connectivity index (χ2v) is 7.56. The molecule has 150 valence electrons. The third-order valence-electron chi connectivity index (χ3n) is 4.08. The number of nitrogens with one attached hydrogen (secondary N) is 2. The van der Waals surface area contributed by atoms with Crippen molar-refractivity contribution < 1.29 is 9.47 Å². The average Bonchev–Trinajstić information content (AvgIpc) is 3.05. The highest BCUT2D eigenvalue weighted by molar-refractivity contribution is 14.0. The molecule has 0 aliphatic carbocycles. The summed E-state index contributed by atoms with van der Waals surface area (Å²) in [4.78, 5) is 7.06. The number of hydrogen-bond acceptors (Lipinski definition) is 4. The molecular weight excluding hydrogens is 473 g/mol. The van der Waals surface area contributed by atoms with Crippen LogP contribution in [0.4, 0.5) is 0 Å². The van der Waals surface area contributed by atoms with E-state index in [4.69, 9.17) is 9.47 Å². The van der Waals surface area contributed by atoms with E-state index in [2.05, 4.69) is 41.6 Å². The van der Waals surface area contributed by atoms with E-state index in [-0.39, 0.29) is 24.0 Å². The van der Waals surface area contributed by atoms with Crippen LogP contribution in [0.1, 0.15) is 22.2 Å². The number of aliphatic imine (C=N–C) groups is 1. The largest absolute Gasteiger partial charge is 0.497 e. The molecule has 2 N–H and O–H groups in total. The monoisotopic (exact) mass is 503 g/mol. The predicted molar refractivity (Wildman–Crippen MR) is 125 cm³/mol. The summed E-state index contributed by atoms with van der Waals surface area (Å²) in [5, 5.41) is 6.83. The fraction of sp³-hybridized carbons (Fsp3) is 0.450. The summed E-state index contributed by atoms with van der Waals surface area (Å²) in [5.74, 6) is 2.52. The fourth-order valence-electron chi connectivity index (χ4n) is 2.77. The first-order valence-electron chi connectivity index (χ1n) is 8.79. The predicted octanol–water partition coefficient (Wildman–Crippen LogP) is 4.03. The summed E-state index contributed by atoms with van der Waals surface area (Å²) in [6, 6.07) is 10.5. The molecule has 0 aliphatic rings. The minimum atomic E-state index is 0. The summed E-state index contributed by atoms with van der Waals surface area (Å²) in [6.07, 6.45) is 1.81. The van der Waals surface area contributed by atoms with Crippen molar-refractivity contribution in [1.29, 1.82) is 0 Å². The van der Waals surface area contributed by atoms with Gasteiger partial charge in [0.25, 0.3) is 0 Å². The molecule has 2 rings (SSSR count). The Bertz CT molecular complexity index is 734. The first-order chi connectivity index (χ1) is 12.5. The van der Waals surface area contributed by atoms with Gasteiger partial charge in [0, 0.05) is 35.8 Å². The molecule has 0 bridgehead atoms. The van der Waals surface area contributed by atoms with Crippen molar-refractivity contribution in [1.82, 2.24) is 10.6 Å². The molecule has 5 nitrogen and oxygen atoms in total. The van der Waals surface area contributed by atoms with Gasteiger partial charge in [0.1, 0.15) is 11.5 Å². The highest BCUT2D eigenvalue weighted by atomic mass is 127. The maximum atomic E-state index is 5.43. The zero-order valence-electron chi connectivity index (χ0n) is 16.7. The molecule has 0 radical (unpaired) electrons. The molecule has 1 aromatic carbocycles. The van der Waals surface area contributed by atoms with E-state index >= 15 is 0 Å². The van der Waals surface area contributed by atoms with Gasteiger partial charge in [-0.25, -0.2) is 0 Å². The minimum Gasteiger partial charge on any atom is -0.497 e. The molecule has 0 spiro atoms. The Morgan fingerprint density at radius 2 is 1.96 bits per heavy atom. The molecular formula is C20H30IN3O2S. The molecule has 1 aromatic heterocycles. The maximum Gasteiger partial charge on any atom is 0.191 e. The quantitative estimate of drug-likeness (QED) is 0.325. The Balaban J connectivity index is 0.00000364. The molecule has 27 heavy (non-hydrogen) atoms. The van der Waals surface area contributed by atoms with E-state index in [1.165, 1.54) is 9.75 Å². The van der Waals surface area contributed by atoms with Crippen LogP contribution in [0.5, 0.6) is 11.5 Å². The lowest BCUT2D eigenvalue weighted by molar-refractivity contribution is 0.398.